The maximum atomic E-state index is 10.6. The Hall–Kier alpha value is -8.62. The van der Waals surface area contributed by atoms with Gasteiger partial charge in [0.1, 0.15) is 0 Å². The lowest BCUT2D eigenvalue weighted by molar-refractivity contribution is 1.17. The van der Waals surface area contributed by atoms with Crippen molar-refractivity contribution in [2.75, 3.05) is 0 Å². The van der Waals surface area contributed by atoms with Gasteiger partial charge in [-0.2, -0.15) is 15.8 Å². The molecule has 0 unspecified atom stereocenters. The number of nitrogens with zero attached hydrogens (tertiary/aromatic N) is 7. The second-order valence-electron chi connectivity index (χ2n) is 13.4. The van der Waals surface area contributed by atoms with Crippen LogP contribution in [0.5, 0.6) is 0 Å². The van der Waals surface area contributed by atoms with Gasteiger partial charge in [0.2, 0.25) is 0 Å². The quantitative estimate of drug-likeness (QED) is 0.159. The number of nitriles is 3. The largest absolute Gasteiger partial charge is 0.308 e. The van der Waals surface area contributed by atoms with Gasteiger partial charge in [-0.05, 0) is 66.0 Å². The summed E-state index contributed by atoms with van der Waals surface area (Å²) < 4.78 is 2.13. The summed E-state index contributed by atoms with van der Waals surface area (Å²) in [6, 6.07) is 59.1. The molecule has 0 atom stereocenters. The first-order valence-corrected chi connectivity index (χ1v) is 18.1. The van der Waals surface area contributed by atoms with Crippen LogP contribution in [0, 0.1) is 40.6 Å². The van der Waals surface area contributed by atoms with Crippen molar-refractivity contribution in [1.29, 1.82) is 15.8 Å². The molecule has 0 bridgehead atoms. The lowest BCUT2D eigenvalue weighted by Crippen LogP contribution is -2.04. The van der Waals surface area contributed by atoms with E-state index in [0.717, 1.165) is 61.0 Å². The molecule has 2 aromatic heterocycles. The third kappa shape index (κ3) is 6.01. The molecule has 7 heteroatoms. The Morgan fingerprint density at radius 1 is 0.474 bits per heavy atom. The lowest BCUT2D eigenvalue weighted by Gasteiger charge is -2.22. The highest BCUT2D eigenvalue weighted by Crippen LogP contribution is 2.46. The molecule has 0 aliphatic carbocycles. The van der Waals surface area contributed by atoms with E-state index in [-0.39, 0.29) is 0 Å². The van der Waals surface area contributed by atoms with Crippen LogP contribution in [0.4, 0.5) is 5.69 Å². The van der Waals surface area contributed by atoms with Crippen LogP contribution in [-0.2, 0) is 0 Å². The molecule has 2 heterocycles. The van der Waals surface area contributed by atoms with Crippen molar-refractivity contribution >= 4 is 27.5 Å². The zero-order valence-electron chi connectivity index (χ0n) is 30.2. The van der Waals surface area contributed by atoms with Gasteiger partial charge in [-0.3, -0.25) is 0 Å². The third-order valence-corrected chi connectivity index (χ3v) is 10.1. The molecule has 0 saturated carbocycles. The van der Waals surface area contributed by atoms with Gasteiger partial charge in [0, 0.05) is 44.3 Å². The molecule has 0 N–H and O–H groups in total. The van der Waals surface area contributed by atoms with Crippen LogP contribution in [0.2, 0.25) is 0 Å². The van der Waals surface area contributed by atoms with Crippen LogP contribution < -0.4 is 0 Å². The van der Waals surface area contributed by atoms with Crippen LogP contribution in [0.3, 0.4) is 0 Å². The molecule has 0 fully saturated rings. The van der Waals surface area contributed by atoms with Gasteiger partial charge in [-0.1, -0.05) is 103 Å². The average Bonchev–Trinajstić information content (AvgIpc) is 3.61. The molecule has 9 rings (SSSR count). The molecule has 0 aliphatic rings. The summed E-state index contributed by atoms with van der Waals surface area (Å²) >= 11 is 0. The summed E-state index contributed by atoms with van der Waals surface area (Å²) in [6.45, 7) is 7.80. The van der Waals surface area contributed by atoms with E-state index < -0.39 is 0 Å². The fraction of sp³-hybridized carbons (Fsp3) is 0. The monoisotopic (exact) mass is 725 g/mol. The van der Waals surface area contributed by atoms with E-state index in [1.54, 1.807) is 24.3 Å². The predicted molar refractivity (Wildman–Crippen MR) is 224 cm³/mol. The van der Waals surface area contributed by atoms with Crippen molar-refractivity contribution in [3.05, 3.63) is 192 Å². The minimum atomic E-state index is 0.468. The fourth-order valence-corrected chi connectivity index (χ4v) is 7.52. The number of benzene rings is 7. The van der Waals surface area contributed by atoms with E-state index in [4.69, 9.17) is 16.5 Å². The summed E-state index contributed by atoms with van der Waals surface area (Å²) in [7, 11) is 0. The molecule has 262 valence electrons. The van der Waals surface area contributed by atoms with Crippen molar-refractivity contribution in [2.45, 2.75) is 0 Å². The fourth-order valence-electron chi connectivity index (χ4n) is 7.52. The molecule has 7 aromatic carbocycles. The van der Waals surface area contributed by atoms with E-state index in [9.17, 15) is 15.8 Å². The maximum Gasteiger partial charge on any atom is 0.188 e. The van der Waals surface area contributed by atoms with Crippen LogP contribution in [0.1, 0.15) is 16.7 Å². The standard InChI is InChI=1S/C50H27N7/c1-54-38-21-23-48-42(27-38)41-24-32(29-51)20-22-47(41)57(48)49-43(39-18-10-8-16-35(39)30-52)25-37(26-44(49)40-19-11-9-17-36(40)31-53)46-28-45(33-12-4-2-5-13-33)55-50(56-46)34-14-6-3-7-15-34/h2-28H. The molecule has 7 nitrogen and oxygen atoms in total. The summed E-state index contributed by atoms with van der Waals surface area (Å²) in [5, 5.41) is 32.7. The van der Waals surface area contributed by atoms with Crippen molar-refractivity contribution in [3.8, 4) is 80.1 Å². The van der Waals surface area contributed by atoms with Gasteiger partial charge < -0.3 is 4.57 Å². The van der Waals surface area contributed by atoms with Gasteiger partial charge in [0.05, 0.1) is 69.6 Å². The molecular formula is C50H27N7. The summed E-state index contributed by atoms with van der Waals surface area (Å²) in [5.41, 5.74) is 11.0. The van der Waals surface area contributed by atoms with E-state index in [0.29, 0.717) is 45.0 Å². The smallest absolute Gasteiger partial charge is 0.188 e. The Labute approximate surface area is 328 Å². The Morgan fingerprint density at radius 2 is 1.00 bits per heavy atom. The van der Waals surface area contributed by atoms with E-state index in [1.807, 2.05) is 127 Å². The minimum Gasteiger partial charge on any atom is -0.308 e. The molecule has 0 spiro atoms. The number of rotatable bonds is 6. The van der Waals surface area contributed by atoms with Crippen LogP contribution in [-0.4, -0.2) is 14.5 Å². The zero-order valence-corrected chi connectivity index (χ0v) is 30.2. The van der Waals surface area contributed by atoms with E-state index >= 15 is 0 Å². The van der Waals surface area contributed by atoms with Gasteiger partial charge >= 0.3 is 0 Å². The molecule has 9 aromatic rings. The Kier molecular flexibility index (Phi) is 8.58. The second kappa shape index (κ2) is 14.3. The average molecular weight is 726 g/mol. The molecule has 0 saturated heterocycles. The van der Waals surface area contributed by atoms with Gasteiger partial charge in [0.25, 0.3) is 0 Å². The minimum absolute atomic E-state index is 0.468. The molecule has 0 aliphatic heterocycles. The zero-order chi connectivity index (χ0) is 38.9. The molecule has 0 radical (unpaired) electrons. The Balaban J connectivity index is 1.47. The molecule has 0 amide bonds. The Morgan fingerprint density at radius 3 is 1.58 bits per heavy atom. The highest BCUT2D eigenvalue weighted by Gasteiger charge is 2.25. The SMILES string of the molecule is [C-]#[N+]c1ccc2c(c1)c1cc(C#N)ccc1n2-c1c(-c2ccccc2C#N)cc(-c2cc(-c3ccccc3)nc(-c3ccccc3)n2)cc1-c1ccccc1C#N. The second-order valence-corrected chi connectivity index (χ2v) is 13.4. The van der Waals surface area contributed by atoms with Crippen molar-refractivity contribution < 1.29 is 0 Å². The van der Waals surface area contributed by atoms with Crippen molar-refractivity contribution in [3.63, 3.8) is 0 Å². The third-order valence-electron chi connectivity index (χ3n) is 10.1. The lowest BCUT2D eigenvalue weighted by atomic mass is 9.88. The first-order chi connectivity index (χ1) is 28.1. The summed E-state index contributed by atoms with van der Waals surface area (Å²) in [5.74, 6) is 0.556. The topological polar surface area (TPSA) is 106 Å². The molecule has 57 heavy (non-hydrogen) atoms. The number of aromatic nitrogens is 3. The van der Waals surface area contributed by atoms with E-state index in [1.165, 1.54) is 0 Å². The maximum absolute atomic E-state index is 10.6. The van der Waals surface area contributed by atoms with Gasteiger partial charge in [-0.15, -0.1) is 0 Å². The first kappa shape index (κ1) is 34.2. The van der Waals surface area contributed by atoms with Gasteiger partial charge in [0.15, 0.2) is 11.5 Å². The first-order valence-electron chi connectivity index (χ1n) is 18.1. The normalized spacial score (nSPS) is 10.7. The van der Waals surface area contributed by atoms with Crippen LogP contribution in [0.25, 0.3) is 88.5 Å². The summed E-state index contributed by atoms with van der Waals surface area (Å²) in [4.78, 5) is 13.9. The summed E-state index contributed by atoms with van der Waals surface area (Å²) in [6.07, 6.45) is 0. The molecular weight excluding hydrogens is 699 g/mol. The number of hydrogen-bond acceptors (Lipinski definition) is 5. The van der Waals surface area contributed by atoms with Gasteiger partial charge in [-0.25, -0.2) is 14.8 Å². The number of hydrogen-bond donors (Lipinski definition) is 0. The highest BCUT2D eigenvalue weighted by atomic mass is 15.0. The van der Waals surface area contributed by atoms with Crippen molar-refractivity contribution in [1.82, 2.24) is 14.5 Å². The predicted octanol–water partition coefficient (Wildman–Crippen LogP) is 12.1. The number of fused-ring (bicyclic) bond motifs is 3. The van der Waals surface area contributed by atoms with E-state index in [2.05, 4.69) is 39.8 Å². The Bertz CT molecular complexity index is 3020. The highest BCUT2D eigenvalue weighted by molar-refractivity contribution is 6.12. The van der Waals surface area contributed by atoms with Crippen LogP contribution in [0.15, 0.2) is 164 Å². The van der Waals surface area contributed by atoms with Crippen LogP contribution >= 0.6 is 0 Å². The van der Waals surface area contributed by atoms with Crippen molar-refractivity contribution in [2.24, 2.45) is 0 Å².